The van der Waals surface area contributed by atoms with Gasteiger partial charge in [0.2, 0.25) is 0 Å². The molecule has 2 aliphatic heterocycles. The third-order valence-corrected chi connectivity index (χ3v) is 7.80. The first-order valence-electron chi connectivity index (χ1n) is 12.8. The van der Waals surface area contributed by atoms with E-state index in [0.717, 1.165) is 37.8 Å². The van der Waals surface area contributed by atoms with Crippen molar-refractivity contribution < 1.29 is 13.9 Å². The molecule has 3 aliphatic rings. The Balaban J connectivity index is 1.33. The van der Waals surface area contributed by atoms with Gasteiger partial charge < -0.3 is 19.5 Å². The number of anilines is 1. The van der Waals surface area contributed by atoms with E-state index in [9.17, 15) is 4.79 Å². The molecule has 0 spiro atoms. The summed E-state index contributed by atoms with van der Waals surface area (Å²) in [4.78, 5) is 23.9. The summed E-state index contributed by atoms with van der Waals surface area (Å²) in [6.45, 7) is 9.15. The Hall–Kier alpha value is -3.26. The number of rotatable bonds is 5. The van der Waals surface area contributed by atoms with Gasteiger partial charge in [-0.25, -0.2) is 14.4 Å². The molecule has 36 heavy (non-hydrogen) atoms. The van der Waals surface area contributed by atoms with Crippen molar-refractivity contribution in [3.8, 4) is 17.0 Å². The van der Waals surface area contributed by atoms with Crippen LogP contribution in [0.3, 0.4) is 0 Å². The van der Waals surface area contributed by atoms with Crippen LogP contribution in [0, 0.1) is 18.2 Å². The lowest BCUT2D eigenvalue weighted by Gasteiger charge is -2.31. The van der Waals surface area contributed by atoms with Crippen LogP contribution >= 0.6 is 0 Å². The number of nitrogens with one attached hydrogen (secondary N) is 1. The third-order valence-electron chi connectivity index (χ3n) is 7.80. The summed E-state index contributed by atoms with van der Waals surface area (Å²) in [5.74, 6) is 0.0222. The van der Waals surface area contributed by atoms with Crippen LogP contribution in [-0.4, -0.2) is 46.2 Å². The smallest absolute Gasteiger partial charge is 0.274 e. The van der Waals surface area contributed by atoms with Crippen molar-refractivity contribution in [3.05, 3.63) is 59.1 Å². The summed E-state index contributed by atoms with van der Waals surface area (Å²) >= 11 is 0. The van der Waals surface area contributed by atoms with E-state index in [1.165, 1.54) is 29.7 Å². The van der Waals surface area contributed by atoms with E-state index in [2.05, 4.69) is 33.7 Å². The Labute approximate surface area is 210 Å². The topological polar surface area (TPSA) is 72.3 Å². The van der Waals surface area contributed by atoms with Gasteiger partial charge in [-0.2, -0.15) is 0 Å². The van der Waals surface area contributed by atoms with E-state index >= 15 is 4.39 Å². The van der Waals surface area contributed by atoms with E-state index in [0.29, 0.717) is 48.1 Å². The average Bonchev–Trinajstić information content (AvgIpc) is 3.55. The number of hydrogen-bond acceptors (Lipinski definition) is 5. The van der Waals surface area contributed by atoms with Crippen molar-refractivity contribution >= 4 is 11.6 Å². The molecule has 1 amide bonds. The minimum atomic E-state index is -0.411. The second kappa shape index (κ2) is 8.69. The first-order valence-corrected chi connectivity index (χ1v) is 12.8. The van der Waals surface area contributed by atoms with Crippen LogP contribution in [0.25, 0.3) is 11.3 Å². The van der Waals surface area contributed by atoms with Crippen molar-refractivity contribution in [1.29, 1.82) is 0 Å². The Bertz CT molecular complexity index is 1340. The Kier molecular flexibility index (Phi) is 5.59. The Morgan fingerprint density at radius 2 is 2.08 bits per heavy atom. The number of carbonyl (C=O) groups excluding carboxylic acids is 1. The SMILES string of the molecule is Cc1c(-c2ncncc2OC[C@@H]2CCCN2)cc(F)cc1N1CCn2c(cc3c2CC(C)(C)C3)C1=O. The van der Waals surface area contributed by atoms with Gasteiger partial charge in [0.1, 0.15) is 30.1 Å². The molecule has 1 aliphatic carbocycles. The highest BCUT2D eigenvalue weighted by atomic mass is 19.1. The van der Waals surface area contributed by atoms with Crippen molar-refractivity contribution in [2.45, 2.75) is 59.0 Å². The van der Waals surface area contributed by atoms with Gasteiger partial charge >= 0.3 is 0 Å². The number of hydrogen-bond donors (Lipinski definition) is 1. The second-order valence-electron chi connectivity index (χ2n) is 11.1. The number of nitrogens with zero attached hydrogens (tertiary/aromatic N) is 4. The minimum Gasteiger partial charge on any atom is -0.488 e. The zero-order chi connectivity index (χ0) is 25.0. The lowest BCUT2D eigenvalue weighted by molar-refractivity contribution is 0.0964. The summed E-state index contributed by atoms with van der Waals surface area (Å²) in [7, 11) is 0. The minimum absolute atomic E-state index is 0.0837. The number of aromatic nitrogens is 3. The summed E-state index contributed by atoms with van der Waals surface area (Å²) in [5.41, 5.74) is 5.98. The van der Waals surface area contributed by atoms with Gasteiger partial charge in [0.25, 0.3) is 5.91 Å². The number of benzene rings is 1. The molecule has 1 N–H and O–H groups in total. The first-order chi connectivity index (χ1) is 17.3. The van der Waals surface area contributed by atoms with Crippen LogP contribution in [-0.2, 0) is 19.4 Å². The Morgan fingerprint density at radius 1 is 1.22 bits per heavy atom. The highest BCUT2D eigenvalue weighted by Crippen LogP contribution is 2.41. The van der Waals surface area contributed by atoms with Crippen LogP contribution in [0.1, 0.15) is 54.0 Å². The molecule has 0 radical (unpaired) electrons. The van der Waals surface area contributed by atoms with Crippen LogP contribution in [0.15, 0.2) is 30.7 Å². The standard InChI is InChI=1S/C28H32FN5O2/c1-17-21(26-25(14-30-16-32-26)36-15-20-5-4-6-31-20)10-19(29)11-22(17)34-8-7-33-23(27(34)35)9-18-12-28(2,3)13-24(18)33/h9-11,14,16,20,31H,4-8,12-13,15H2,1-3H3/t20-/m0/s1. The number of amides is 1. The van der Waals surface area contributed by atoms with Crippen molar-refractivity contribution in [2.75, 3.05) is 24.6 Å². The number of fused-ring (bicyclic) bond motifs is 3. The summed E-state index contributed by atoms with van der Waals surface area (Å²) in [5, 5.41) is 3.42. The fourth-order valence-corrected chi connectivity index (χ4v) is 6.05. The fraction of sp³-hybridized carbons (Fsp3) is 0.464. The molecule has 1 aromatic carbocycles. The molecule has 2 aromatic heterocycles. The van der Waals surface area contributed by atoms with Crippen molar-refractivity contribution in [2.24, 2.45) is 5.41 Å². The van der Waals surface area contributed by atoms with E-state index < -0.39 is 5.82 Å². The molecule has 0 bridgehead atoms. The van der Waals surface area contributed by atoms with Crippen molar-refractivity contribution in [1.82, 2.24) is 19.9 Å². The molecule has 1 saturated heterocycles. The van der Waals surface area contributed by atoms with E-state index in [1.54, 1.807) is 11.1 Å². The Morgan fingerprint density at radius 3 is 2.89 bits per heavy atom. The lowest BCUT2D eigenvalue weighted by Crippen LogP contribution is -2.41. The molecule has 188 valence electrons. The summed E-state index contributed by atoms with van der Waals surface area (Å²) in [6.07, 6.45) is 7.22. The molecule has 8 heteroatoms. The molecule has 0 saturated carbocycles. The zero-order valence-electron chi connectivity index (χ0n) is 21.1. The van der Waals surface area contributed by atoms with Gasteiger partial charge in [-0.3, -0.25) is 4.79 Å². The van der Waals surface area contributed by atoms with Gasteiger partial charge in [-0.15, -0.1) is 0 Å². The highest BCUT2D eigenvalue weighted by Gasteiger charge is 2.37. The van der Waals surface area contributed by atoms with Crippen LogP contribution in [0.5, 0.6) is 5.75 Å². The summed E-state index contributed by atoms with van der Waals surface area (Å²) < 4.78 is 23.3. The van der Waals surface area contributed by atoms with Gasteiger partial charge in [-0.05, 0) is 73.9 Å². The molecule has 6 rings (SSSR count). The van der Waals surface area contributed by atoms with Gasteiger partial charge in [-0.1, -0.05) is 13.8 Å². The molecule has 0 unspecified atom stereocenters. The normalized spacial score (nSPS) is 20.5. The zero-order valence-corrected chi connectivity index (χ0v) is 21.1. The van der Waals surface area contributed by atoms with Crippen LogP contribution in [0.4, 0.5) is 10.1 Å². The fourth-order valence-electron chi connectivity index (χ4n) is 6.05. The van der Waals surface area contributed by atoms with Gasteiger partial charge in [0.15, 0.2) is 5.75 Å². The van der Waals surface area contributed by atoms with E-state index in [1.807, 2.05) is 13.0 Å². The number of ether oxygens (including phenoxy) is 1. The maximum Gasteiger partial charge on any atom is 0.274 e. The highest BCUT2D eigenvalue weighted by molar-refractivity contribution is 6.07. The maximum absolute atomic E-state index is 15.0. The van der Waals surface area contributed by atoms with Gasteiger partial charge in [0, 0.05) is 30.4 Å². The number of carbonyl (C=O) groups is 1. The second-order valence-corrected chi connectivity index (χ2v) is 11.1. The molecular weight excluding hydrogens is 457 g/mol. The predicted octanol–water partition coefficient (Wildman–Crippen LogP) is 4.31. The lowest BCUT2D eigenvalue weighted by atomic mass is 9.90. The van der Waals surface area contributed by atoms with E-state index in [4.69, 9.17) is 4.74 Å². The third kappa shape index (κ3) is 3.97. The maximum atomic E-state index is 15.0. The van der Waals surface area contributed by atoms with Crippen LogP contribution in [0.2, 0.25) is 0 Å². The van der Waals surface area contributed by atoms with Crippen LogP contribution < -0.4 is 15.0 Å². The quantitative estimate of drug-likeness (QED) is 0.578. The molecule has 7 nitrogen and oxygen atoms in total. The molecule has 3 aromatic rings. The molecule has 1 fully saturated rings. The predicted molar refractivity (Wildman–Crippen MR) is 136 cm³/mol. The van der Waals surface area contributed by atoms with Crippen molar-refractivity contribution in [3.63, 3.8) is 0 Å². The molecule has 1 atom stereocenters. The van der Waals surface area contributed by atoms with Gasteiger partial charge in [0.05, 0.1) is 11.9 Å². The average molecular weight is 490 g/mol. The largest absolute Gasteiger partial charge is 0.488 e. The number of halogens is 1. The summed E-state index contributed by atoms with van der Waals surface area (Å²) in [6, 6.07) is 5.25. The first kappa shape index (κ1) is 23.2. The molecule has 4 heterocycles. The molecular formula is C28H32FN5O2. The monoisotopic (exact) mass is 489 g/mol. The van der Waals surface area contributed by atoms with E-state index in [-0.39, 0.29) is 17.4 Å².